The zero-order valence-corrected chi connectivity index (χ0v) is 14.4. The predicted octanol–water partition coefficient (Wildman–Crippen LogP) is 3.85. The number of esters is 1. The number of methoxy groups -OCH3 is 2. The second-order valence-corrected chi connectivity index (χ2v) is 5.26. The molecule has 0 aliphatic rings. The molecule has 1 aromatic rings. The van der Waals surface area contributed by atoms with Crippen molar-refractivity contribution in [1.29, 1.82) is 0 Å². The van der Waals surface area contributed by atoms with Crippen LogP contribution in [0.3, 0.4) is 0 Å². The quantitative estimate of drug-likeness (QED) is 0.432. The van der Waals surface area contributed by atoms with E-state index in [0.29, 0.717) is 36.9 Å². The zero-order chi connectivity index (χ0) is 16.9. The summed E-state index contributed by atoms with van der Waals surface area (Å²) in [6.45, 7) is 3.86. The van der Waals surface area contributed by atoms with E-state index in [9.17, 15) is 4.79 Å². The lowest BCUT2D eigenvalue weighted by atomic mass is 10.2. The number of carbonyl (C=O) groups is 1. The maximum atomic E-state index is 12.0. The fourth-order valence-corrected chi connectivity index (χ4v) is 2.04. The third kappa shape index (κ3) is 7.37. The standard InChI is InChI=1S/C18H28O5/c1-4-5-6-12-22-16-10-9-15(14-17(16)21-3)18(19)23-13-8-7-11-20-2/h9-10,14H,4-8,11-13H2,1-3H3. The topological polar surface area (TPSA) is 54.0 Å². The summed E-state index contributed by atoms with van der Waals surface area (Å²) in [5, 5.41) is 0. The smallest absolute Gasteiger partial charge is 0.338 e. The highest BCUT2D eigenvalue weighted by Gasteiger charge is 2.12. The molecule has 0 aliphatic heterocycles. The fraction of sp³-hybridized carbons (Fsp3) is 0.611. The van der Waals surface area contributed by atoms with Crippen molar-refractivity contribution in [2.75, 3.05) is 34.0 Å². The van der Waals surface area contributed by atoms with Gasteiger partial charge in [-0.15, -0.1) is 0 Å². The first kappa shape index (κ1) is 19.3. The molecule has 0 atom stereocenters. The molecule has 0 aliphatic carbocycles. The first-order valence-electron chi connectivity index (χ1n) is 8.19. The largest absolute Gasteiger partial charge is 0.493 e. The van der Waals surface area contributed by atoms with Gasteiger partial charge in [-0.2, -0.15) is 0 Å². The van der Waals surface area contributed by atoms with Crippen LogP contribution < -0.4 is 9.47 Å². The van der Waals surface area contributed by atoms with Gasteiger partial charge in [0, 0.05) is 13.7 Å². The summed E-state index contributed by atoms with van der Waals surface area (Å²) in [5.74, 6) is 0.855. The second kappa shape index (κ2) is 11.8. The van der Waals surface area contributed by atoms with Crippen LogP contribution in [0.5, 0.6) is 11.5 Å². The Morgan fingerprint density at radius 1 is 0.957 bits per heavy atom. The van der Waals surface area contributed by atoms with Crippen molar-refractivity contribution >= 4 is 5.97 Å². The Balaban J connectivity index is 2.51. The van der Waals surface area contributed by atoms with E-state index in [2.05, 4.69) is 6.92 Å². The van der Waals surface area contributed by atoms with Crippen molar-refractivity contribution in [2.24, 2.45) is 0 Å². The molecule has 5 nitrogen and oxygen atoms in total. The van der Waals surface area contributed by atoms with Crippen LogP contribution in [0.1, 0.15) is 49.4 Å². The molecule has 0 spiro atoms. The number of benzene rings is 1. The third-order valence-corrected chi connectivity index (χ3v) is 3.38. The Labute approximate surface area is 138 Å². The van der Waals surface area contributed by atoms with E-state index in [0.717, 1.165) is 32.1 Å². The summed E-state index contributed by atoms with van der Waals surface area (Å²) >= 11 is 0. The summed E-state index contributed by atoms with van der Waals surface area (Å²) in [6.07, 6.45) is 4.95. The number of hydrogen-bond donors (Lipinski definition) is 0. The van der Waals surface area contributed by atoms with E-state index in [1.165, 1.54) is 0 Å². The normalized spacial score (nSPS) is 10.4. The molecule has 0 amide bonds. The molecular formula is C18H28O5. The summed E-state index contributed by atoms with van der Waals surface area (Å²) in [4.78, 5) is 12.0. The first-order chi connectivity index (χ1) is 11.2. The van der Waals surface area contributed by atoms with E-state index in [1.54, 1.807) is 32.4 Å². The minimum absolute atomic E-state index is 0.349. The number of carbonyl (C=O) groups excluding carboxylic acids is 1. The van der Waals surface area contributed by atoms with Crippen LogP contribution >= 0.6 is 0 Å². The average Bonchev–Trinajstić information content (AvgIpc) is 2.58. The van der Waals surface area contributed by atoms with Crippen LogP contribution in [-0.2, 0) is 9.47 Å². The Morgan fingerprint density at radius 2 is 1.70 bits per heavy atom. The van der Waals surface area contributed by atoms with Gasteiger partial charge in [-0.1, -0.05) is 19.8 Å². The van der Waals surface area contributed by atoms with Crippen molar-refractivity contribution in [3.63, 3.8) is 0 Å². The van der Waals surface area contributed by atoms with Gasteiger partial charge in [-0.05, 0) is 37.5 Å². The number of unbranched alkanes of at least 4 members (excludes halogenated alkanes) is 3. The van der Waals surface area contributed by atoms with Crippen molar-refractivity contribution in [1.82, 2.24) is 0 Å². The lowest BCUT2D eigenvalue weighted by Gasteiger charge is -2.12. The molecule has 23 heavy (non-hydrogen) atoms. The highest BCUT2D eigenvalue weighted by Crippen LogP contribution is 2.28. The van der Waals surface area contributed by atoms with Crippen LogP contribution in [-0.4, -0.2) is 40.0 Å². The second-order valence-electron chi connectivity index (χ2n) is 5.26. The SMILES string of the molecule is CCCCCOc1ccc(C(=O)OCCCCOC)cc1OC. The van der Waals surface area contributed by atoms with Gasteiger partial charge in [0.1, 0.15) is 0 Å². The molecule has 130 valence electrons. The van der Waals surface area contributed by atoms with Crippen molar-refractivity contribution in [2.45, 2.75) is 39.0 Å². The van der Waals surface area contributed by atoms with Crippen LogP contribution in [0.15, 0.2) is 18.2 Å². The van der Waals surface area contributed by atoms with Gasteiger partial charge in [-0.3, -0.25) is 0 Å². The van der Waals surface area contributed by atoms with Crippen molar-refractivity contribution < 1.29 is 23.7 Å². The molecule has 1 aromatic carbocycles. The number of rotatable bonds is 12. The fourth-order valence-electron chi connectivity index (χ4n) is 2.04. The Morgan fingerprint density at radius 3 is 2.39 bits per heavy atom. The van der Waals surface area contributed by atoms with Crippen LogP contribution in [0.25, 0.3) is 0 Å². The van der Waals surface area contributed by atoms with Gasteiger partial charge in [0.25, 0.3) is 0 Å². The van der Waals surface area contributed by atoms with E-state index >= 15 is 0 Å². The molecule has 0 radical (unpaired) electrons. The lowest BCUT2D eigenvalue weighted by molar-refractivity contribution is 0.0488. The molecule has 0 unspecified atom stereocenters. The van der Waals surface area contributed by atoms with E-state index in [1.807, 2.05) is 0 Å². The Kier molecular flexibility index (Phi) is 9.87. The van der Waals surface area contributed by atoms with Crippen LogP contribution in [0, 0.1) is 0 Å². The predicted molar refractivity (Wildman–Crippen MR) is 89.4 cm³/mol. The van der Waals surface area contributed by atoms with Crippen molar-refractivity contribution in [3.05, 3.63) is 23.8 Å². The maximum Gasteiger partial charge on any atom is 0.338 e. The summed E-state index contributed by atoms with van der Waals surface area (Å²) < 4.78 is 21.2. The number of ether oxygens (including phenoxy) is 4. The minimum Gasteiger partial charge on any atom is -0.493 e. The van der Waals surface area contributed by atoms with Crippen LogP contribution in [0.2, 0.25) is 0 Å². The molecule has 0 aromatic heterocycles. The van der Waals surface area contributed by atoms with E-state index < -0.39 is 0 Å². The zero-order valence-electron chi connectivity index (χ0n) is 14.4. The monoisotopic (exact) mass is 324 g/mol. The van der Waals surface area contributed by atoms with E-state index in [-0.39, 0.29) is 5.97 Å². The Bertz CT molecular complexity index is 459. The van der Waals surface area contributed by atoms with Gasteiger partial charge >= 0.3 is 5.97 Å². The molecule has 0 N–H and O–H groups in total. The van der Waals surface area contributed by atoms with Gasteiger partial charge in [0.05, 0.1) is 25.9 Å². The first-order valence-corrected chi connectivity index (χ1v) is 8.19. The number of hydrogen-bond acceptors (Lipinski definition) is 5. The van der Waals surface area contributed by atoms with Crippen LogP contribution in [0.4, 0.5) is 0 Å². The van der Waals surface area contributed by atoms with E-state index in [4.69, 9.17) is 18.9 Å². The van der Waals surface area contributed by atoms with Gasteiger partial charge in [-0.25, -0.2) is 4.79 Å². The maximum absolute atomic E-state index is 12.0. The molecule has 0 heterocycles. The van der Waals surface area contributed by atoms with Gasteiger partial charge < -0.3 is 18.9 Å². The molecule has 0 fully saturated rings. The minimum atomic E-state index is -0.349. The lowest BCUT2D eigenvalue weighted by Crippen LogP contribution is -2.08. The van der Waals surface area contributed by atoms with Gasteiger partial charge in [0.15, 0.2) is 11.5 Å². The third-order valence-electron chi connectivity index (χ3n) is 3.38. The summed E-state index contributed by atoms with van der Waals surface area (Å²) in [7, 11) is 3.22. The highest BCUT2D eigenvalue weighted by molar-refractivity contribution is 5.90. The molecule has 0 saturated carbocycles. The summed E-state index contributed by atoms with van der Waals surface area (Å²) in [5.41, 5.74) is 0.467. The molecular weight excluding hydrogens is 296 g/mol. The van der Waals surface area contributed by atoms with Crippen molar-refractivity contribution in [3.8, 4) is 11.5 Å². The average molecular weight is 324 g/mol. The molecule has 0 saturated heterocycles. The Hall–Kier alpha value is -1.75. The van der Waals surface area contributed by atoms with Gasteiger partial charge in [0.2, 0.25) is 0 Å². The highest BCUT2D eigenvalue weighted by atomic mass is 16.5. The summed E-state index contributed by atoms with van der Waals surface area (Å²) in [6, 6.07) is 5.12. The molecule has 5 heteroatoms. The molecule has 0 bridgehead atoms. The molecule has 1 rings (SSSR count).